The predicted octanol–water partition coefficient (Wildman–Crippen LogP) is 2.41. The van der Waals surface area contributed by atoms with Crippen molar-refractivity contribution < 1.29 is 14.4 Å². The maximum Gasteiger partial charge on any atom is 0.243 e. The van der Waals surface area contributed by atoms with Crippen LogP contribution in [-0.2, 0) is 20.9 Å². The monoisotopic (exact) mass is 379 g/mol. The van der Waals surface area contributed by atoms with Gasteiger partial charge in [0.2, 0.25) is 17.7 Å². The Morgan fingerprint density at radius 1 is 1.04 bits per heavy atom. The van der Waals surface area contributed by atoms with Crippen molar-refractivity contribution in [1.82, 2.24) is 10.2 Å². The summed E-state index contributed by atoms with van der Waals surface area (Å²) in [5.74, 6) is -1.01. The first-order chi connectivity index (χ1) is 13.4. The molecule has 0 aliphatic carbocycles. The van der Waals surface area contributed by atoms with Crippen LogP contribution in [0, 0.1) is 19.8 Å². The number of hydrogen-bond acceptors (Lipinski definition) is 3. The third kappa shape index (κ3) is 4.76. The van der Waals surface area contributed by atoms with Gasteiger partial charge < -0.3 is 15.5 Å². The quantitative estimate of drug-likeness (QED) is 0.809. The second kappa shape index (κ2) is 8.69. The topological polar surface area (TPSA) is 78.5 Å². The summed E-state index contributed by atoms with van der Waals surface area (Å²) in [7, 11) is 0. The van der Waals surface area contributed by atoms with E-state index in [1.54, 1.807) is 4.90 Å². The zero-order chi connectivity index (χ0) is 20.1. The number of nitrogens with one attached hydrogen (secondary N) is 2. The summed E-state index contributed by atoms with van der Waals surface area (Å²) >= 11 is 0. The maximum atomic E-state index is 12.4. The molecule has 1 heterocycles. The summed E-state index contributed by atoms with van der Waals surface area (Å²) in [6, 6.07) is 15.5. The van der Waals surface area contributed by atoms with E-state index in [1.807, 2.05) is 62.4 Å². The molecule has 0 saturated carbocycles. The maximum absolute atomic E-state index is 12.4. The van der Waals surface area contributed by atoms with Crippen LogP contribution in [0.4, 0.5) is 5.69 Å². The van der Waals surface area contributed by atoms with Crippen LogP contribution in [-0.4, -0.2) is 35.7 Å². The Hall–Kier alpha value is -3.15. The number of carbonyl (C=O) groups excluding carboxylic acids is 3. The highest BCUT2D eigenvalue weighted by Crippen LogP contribution is 2.21. The smallest absolute Gasteiger partial charge is 0.243 e. The Morgan fingerprint density at radius 2 is 1.71 bits per heavy atom. The van der Waals surface area contributed by atoms with Crippen molar-refractivity contribution in [2.75, 3.05) is 18.4 Å². The molecule has 0 bridgehead atoms. The van der Waals surface area contributed by atoms with Gasteiger partial charge in [-0.1, -0.05) is 48.5 Å². The van der Waals surface area contributed by atoms with Crippen LogP contribution in [0.2, 0.25) is 0 Å². The highest BCUT2D eigenvalue weighted by Gasteiger charge is 2.34. The molecule has 0 spiro atoms. The molecule has 1 fully saturated rings. The molecule has 1 saturated heterocycles. The lowest BCUT2D eigenvalue weighted by Gasteiger charge is -2.17. The lowest BCUT2D eigenvalue weighted by Crippen LogP contribution is -2.38. The number of hydrogen-bond donors (Lipinski definition) is 2. The van der Waals surface area contributed by atoms with Crippen LogP contribution in [0.1, 0.15) is 23.1 Å². The van der Waals surface area contributed by atoms with Crippen molar-refractivity contribution in [2.45, 2.75) is 26.8 Å². The number of anilines is 1. The first-order valence-electron chi connectivity index (χ1n) is 9.39. The number of carbonyl (C=O) groups is 3. The standard InChI is InChI=1S/C22H25N3O3/c1-15-7-6-8-16(2)21(15)24-19(26)12-23-22(28)18-11-20(27)25(14-18)13-17-9-4-3-5-10-17/h3-10,18H,11-14H2,1-2H3,(H,23,28)(H,24,26)/t18-/m1/s1. The Labute approximate surface area is 164 Å². The van der Waals surface area contributed by atoms with Crippen LogP contribution < -0.4 is 10.6 Å². The number of likely N-dealkylation sites (tertiary alicyclic amines) is 1. The minimum Gasteiger partial charge on any atom is -0.347 e. The molecule has 146 valence electrons. The molecule has 0 unspecified atom stereocenters. The van der Waals surface area contributed by atoms with E-state index in [9.17, 15) is 14.4 Å². The van der Waals surface area contributed by atoms with Crippen molar-refractivity contribution in [3.63, 3.8) is 0 Å². The zero-order valence-electron chi connectivity index (χ0n) is 16.2. The highest BCUT2D eigenvalue weighted by atomic mass is 16.2. The molecule has 2 aromatic rings. The molecule has 1 aliphatic heterocycles. The molecule has 0 radical (unpaired) electrons. The predicted molar refractivity (Wildman–Crippen MR) is 108 cm³/mol. The normalized spacial score (nSPS) is 16.1. The van der Waals surface area contributed by atoms with Crippen molar-refractivity contribution in [2.24, 2.45) is 5.92 Å². The number of benzene rings is 2. The van der Waals surface area contributed by atoms with Crippen LogP contribution >= 0.6 is 0 Å². The summed E-state index contributed by atoms with van der Waals surface area (Å²) in [6.45, 7) is 4.60. The fourth-order valence-corrected chi connectivity index (χ4v) is 3.41. The van der Waals surface area contributed by atoms with Gasteiger partial charge in [0.05, 0.1) is 12.5 Å². The SMILES string of the molecule is Cc1cccc(C)c1NC(=O)CNC(=O)[C@@H]1CC(=O)N(Cc2ccccc2)C1. The van der Waals surface area contributed by atoms with Gasteiger partial charge in [-0.2, -0.15) is 0 Å². The van der Waals surface area contributed by atoms with Gasteiger partial charge >= 0.3 is 0 Å². The molecule has 0 aromatic heterocycles. The van der Waals surface area contributed by atoms with Gasteiger partial charge in [-0.05, 0) is 30.5 Å². The van der Waals surface area contributed by atoms with Crippen LogP contribution in [0.25, 0.3) is 0 Å². The average Bonchev–Trinajstić information content (AvgIpc) is 3.04. The van der Waals surface area contributed by atoms with Gasteiger partial charge in [0, 0.05) is 25.2 Å². The molecule has 3 rings (SSSR count). The molecule has 2 N–H and O–H groups in total. The van der Waals surface area contributed by atoms with Gasteiger partial charge in [0.15, 0.2) is 0 Å². The van der Waals surface area contributed by atoms with Gasteiger partial charge in [-0.15, -0.1) is 0 Å². The minimum absolute atomic E-state index is 0.0380. The van der Waals surface area contributed by atoms with Gasteiger partial charge in [0.1, 0.15) is 0 Å². The second-order valence-electron chi connectivity index (χ2n) is 7.19. The number of nitrogens with zero attached hydrogens (tertiary/aromatic N) is 1. The summed E-state index contributed by atoms with van der Waals surface area (Å²) in [5, 5.41) is 5.50. The summed E-state index contributed by atoms with van der Waals surface area (Å²) in [5.41, 5.74) is 3.74. The second-order valence-corrected chi connectivity index (χ2v) is 7.19. The summed E-state index contributed by atoms with van der Waals surface area (Å²) < 4.78 is 0. The zero-order valence-corrected chi connectivity index (χ0v) is 16.2. The number of rotatable bonds is 6. The van der Waals surface area contributed by atoms with Gasteiger partial charge in [-0.25, -0.2) is 0 Å². The molecule has 6 nitrogen and oxygen atoms in total. The van der Waals surface area contributed by atoms with Gasteiger partial charge in [0.25, 0.3) is 0 Å². The molecular formula is C22H25N3O3. The average molecular weight is 379 g/mol. The minimum atomic E-state index is -0.427. The first kappa shape index (κ1) is 19.6. The van der Waals surface area contributed by atoms with Crippen LogP contribution in [0.3, 0.4) is 0 Å². The van der Waals surface area contributed by atoms with Gasteiger partial charge in [-0.3, -0.25) is 14.4 Å². The van der Waals surface area contributed by atoms with E-state index in [1.165, 1.54) is 0 Å². The van der Waals surface area contributed by atoms with Crippen molar-refractivity contribution in [3.8, 4) is 0 Å². The molecule has 2 aromatic carbocycles. The van der Waals surface area contributed by atoms with E-state index in [0.29, 0.717) is 13.1 Å². The molecule has 28 heavy (non-hydrogen) atoms. The lowest BCUT2D eigenvalue weighted by molar-refractivity contribution is -0.129. The molecule has 1 aliphatic rings. The van der Waals surface area contributed by atoms with E-state index < -0.39 is 5.92 Å². The fourth-order valence-electron chi connectivity index (χ4n) is 3.41. The van der Waals surface area contributed by atoms with Crippen molar-refractivity contribution in [1.29, 1.82) is 0 Å². The van der Waals surface area contributed by atoms with E-state index in [-0.39, 0.29) is 30.7 Å². The number of aryl methyl sites for hydroxylation is 2. The van der Waals surface area contributed by atoms with E-state index >= 15 is 0 Å². The molecule has 3 amide bonds. The van der Waals surface area contributed by atoms with E-state index in [4.69, 9.17) is 0 Å². The number of para-hydroxylation sites is 1. The van der Waals surface area contributed by atoms with Crippen molar-refractivity contribution in [3.05, 3.63) is 65.2 Å². The lowest BCUT2D eigenvalue weighted by atomic mass is 10.1. The van der Waals surface area contributed by atoms with E-state index in [0.717, 1.165) is 22.4 Å². The Morgan fingerprint density at radius 3 is 2.39 bits per heavy atom. The molecular weight excluding hydrogens is 354 g/mol. The van der Waals surface area contributed by atoms with Crippen molar-refractivity contribution >= 4 is 23.4 Å². The summed E-state index contributed by atoms with van der Waals surface area (Å²) in [4.78, 5) is 38.5. The Balaban J connectivity index is 1.50. The first-order valence-corrected chi connectivity index (χ1v) is 9.39. The molecule has 1 atom stereocenters. The molecule has 6 heteroatoms. The Kier molecular flexibility index (Phi) is 6.09. The highest BCUT2D eigenvalue weighted by molar-refractivity contribution is 5.97. The van der Waals surface area contributed by atoms with Crippen LogP contribution in [0.5, 0.6) is 0 Å². The third-order valence-electron chi connectivity index (χ3n) is 4.97. The Bertz CT molecular complexity index is 860. The largest absolute Gasteiger partial charge is 0.347 e. The van der Waals surface area contributed by atoms with E-state index in [2.05, 4.69) is 10.6 Å². The third-order valence-corrected chi connectivity index (χ3v) is 4.97. The van der Waals surface area contributed by atoms with Crippen LogP contribution in [0.15, 0.2) is 48.5 Å². The summed E-state index contributed by atoms with van der Waals surface area (Å²) in [6.07, 6.45) is 0.178. The fraction of sp³-hybridized carbons (Fsp3) is 0.318. The number of amides is 3.